The van der Waals surface area contributed by atoms with Gasteiger partial charge in [-0.1, -0.05) is 126 Å². The van der Waals surface area contributed by atoms with Crippen LogP contribution in [0.4, 0.5) is 39.8 Å². The number of aromatic nitrogens is 2. The van der Waals surface area contributed by atoms with Crippen LogP contribution in [0.15, 0.2) is 157 Å². The van der Waals surface area contributed by atoms with Crippen LogP contribution in [0.3, 0.4) is 0 Å². The van der Waals surface area contributed by atoms with Crippen molar-refractivity contribution in [2.75, 3.05) is 27.6 Å². The highest BCUT2D eigenvalue weighted by molar-refractivity contribution is 7.06. The number of fused-ring (bicyclic) bond motifs is 15. The van der Waals surface area contributed by atoms with Crippen LogP contribution in [0.5, 0.6) is 0 Å². The lowest BCUT2D eigenvalue weighted by atomic mass is 9.20. The van der Waals surface area contributed by atoms with Gasteiger partial charge in [0.15, 0.2) is 0 Å². The zero-order chi connectivity index (χ0) is 43.0. The number of anilines is 7. The van der Waals surface area contributed by atoms with E-state index < -0.39 is 0 Å². The topological polar surface area (TPSA) is 19.6 Å². The van der Waals surface area contributed by atoms with E-state index >= 15 is 0 Å². The van der Waals surface area contributed by atoms with Gasteiger partial charge in [0.2, 0.25) is 33.6 Å². The summed E-state index contributed by atoms with van der Waals surface area (Å²) in [4.78, 5) is 8.38. The molecule has 10 aromatic rings. The second-order valence-corrected chi connectivity index (χ2v) is 20.8. The van der Waals surface area contributed by atoms with Crippen LogP contribution >= 0.6 is 0 Å². The monoisotopic (exact) mass is 845 g/mol. The maximum Gasteiger partial charge on any atom is 0.245 e. The van der Waals surface area contributed by atoms with Crippen LogP contribution in [0.1, 0.15) is 6.92 Å². The predicted octanol–water partition coefficient (Wildman–Crippen LogP) is 5.55. The summed E-state index contributed by atoms with van der Waals surface area (Å²) in [6.45, 7) is 7.77. The van der Waals surface area contributed by atoms with Crippen molar-refractivity contribution in [3.63, 3.8) is 0 Å². The number of benzene rings is 9. The molecule has 0 unspecified atom stereocenters. The molecule has 0 saturated heterocycles. The Kier molecular flexibility index (Phi) is 5.51. The van der Waals surface area contributed by atoms with E-state index in [4.69, 9.17) is 0 Å². The molecule has 0 bridgehead atoms. The minimum absolute atomic E-state index is 0.109. The van der Waals surface area contributed by atoms with Gasteiger partial charge in [-0.2, -0.15) is 0 Å². The first-order chi connectivity index (χ1) is 33.2. The molecule has 5 nitrogen and oxygen atoms in total. The van der Waals surface area contributed by atoms with E-state index in [1.807, 2.05) is 0 Å². The first-order valence-electron chi connectivity index (χ1n) is 24.6. The third kappa shape index (κ3) is 3.35. The van der Waals surface area contributed by atoms with Gasteiger partial charge in [-0.05, 0) is 87.0 Å². The molecule has 0 atom stereocenters. The summed E-state index contributed by atoms with van der Waals surface area (Å²) < 4.78 is 5.59. The van der Waals surface area contributed by atoms with Crippen LogP contribution in [0, 0.1) is 0 Å². The van der Waals surface area contributed by atoms with Crippen molar-refractivity contribution in [1.29, 1.82) is 0 Å². The molecular formula is C57H36B5N5. The molecule has 9 aromatic carbocycles. The summed E-state index contributed by atoms with van der Waals surface area (Å²) in [6, 6.07) is 47.2. The normalized spacial score (nSPS) is 17.4. The highest BCUT2D eigenvalue weighted by atomic mass is 15.2. The Morgan fingerprint density at radius 1 is 0.433 bits per heavy atom. The highest BCUT2D eigenvalue weighted by Crippen LogP contribution is 2.56. The first-order valence-corrected chi connectivity index (χ1v) is 24.6. The second kappa shape index (κ2) is 10.9. The van der Waals surface area contributed by atoms with Crippen LogP contribution in [0.2, 0.25) is 0 Å². The molecule has 10 heterocycles. The van der Waals surface area contributed by atoms with E-state index in [1.165, 1.54) is 127 Å². The van der Waals surface area contributed by atoms with Gasteiger partial charge in [-0.15, -0.1) is 0 Å². The lowest BCUT2D eigenvalue weighted by molar-refractivity contribution is 0.889. The lowest BCUT2D eigenvalue weighted by Gasteiger charge is -2.54. The van der Waals surface area contributed by atoms with E-state index in [0.29, 0.717) is 0 Å². The Balaban J connectivity index is 1.16. The summed E-state index contributed by atoms with van der Waals surface area (Å²) in [5.41, 5.74) is 31.8. The summed E-state index contributed by atoms with van der Waals surface area (Å²) >= 11 is 0. The van der Waals surface area contributed by atoms with Crippen LogP contribution < -0.4 is 63.9 Å². The lowest BCUT2D eigenvalue weighted by Crippen LogP contribution is -2.70. The Labute approximate surface area is 388 Å². The largest absolute Gasteiger partial charge is 0.349 e. The highest BCUT2D eigenvalue weighted by Gasteiger charge is 2.56. The minimum atomic E-state index is 0.109. The second-order valence-electron chi connectivity index (χ2n) is 20.8. The van der Waals surface area contributed by atoms with Crippen molar-refractivity contribution in [2.24, 2.45) is 0 Å². The molecule has 0 aliphatic carbocycles. The number of allylic oxidation sites excluding steroid dienone is 5. The molecule has 0 fully saturated rings. The predicted molar refractivity (Wildman–Crippen MR) is 289 cm³/mol. The molecule has 0 N–H and O–H groups in total. The molecule has 0 spiro atoms. The third-order valence-corrected chi connectivity index (χ3v) is 18.6. The number of rotatable bonds is 2. The number of hydrogen-bond donors (Lipinski definition) is 0. The van der Waals surface area contributed by atoms with E-state index in [-0.39, 0.29) is 33.6 Å². The van der Waals surface area contributed by atoms with Crippen molar-refractivity contribution in [2.45, 2.75) is 19.8 Å². The fourth-order valence-corrected chi connectivity index (χ4v) is 16.6. The van der Waals surface area contributed by atoms with Crippen LogP contribution in [-0.2, 0) is 12.9 Å². The molecular weight excluding hydrogens is 809 g/mol. The Morgan fingerprint density at radius 3 is 1.51 bits per heavy atom. The van der Waals surface area contributed by atoms with E-state index in [9.17, 15) is 0 Å². The van der Waals surface area contributed by atoms with E-state index in [0.717, 1.165) is 25.8 Å². The molecule has 1 aromatic heterocycles. The summed E-state index contributed by atoms with van der Waals surface area (Å²) in [7, 11) is 0. The molecule has 304 valence electrons. The fraction of sp³-hybridized carbons (Fsp3) is 0.0877. The van der Waals surface area contributed by atoms with Crippen LogP contribution in [0.25, 0.3) is 54.4 Å². The quantitative estimate of drug-likeness (QED) is 0.129. The zero-order valence-electron chi connectivity index (χ0n) is 36.9. The van der Waals surface area contributed by atoms with Gasteiger partial charge in [0.05, 0.1) is 22.1 Å². The molecule has 0 radical (unpaired) electrons. The summed E-state index contributed by atoms with van der Waals surface area (Å²) in [5.74, 6) is 0. The van der Waals surface area contributed by atoms with Gasteiger partial charge >= 0.3 is 0 Å². The van der Waals surface area contributed by atoms with E-state index in [2.05, 4.69) is 177 Å². The number of hydrogen-bond acceptors (Lipinski definition) is 3. The molecule has 0 saturated carbocycles. The number of nitrogens with zero attached hydrogens (tertiary/aromatic N) is 5. The van der Waals surface area contributed by atoms with Gasteiger partial charge in [0, 0.05) is 97.9 Å². The molecule has 67 heavy (non-hydrogen) atoms. The van der Waals surface area contributed by atoms with Crippen molar-refractivity contribution in [1.82, 2.24) is 9.13 Å². The maximum absolute atomic E-state index is 4.68. The van der Waals surface area contributed by atoms with Crippen molar-refractivity contribution < 1.29 is 0 Å². The van der Waals surface area contributed by atoms with Crippen molar-refractivity contribution in [3.8, 4) is 0 Å². The average molecular weight is 845 g/mol. The average Bonchev–Trinajstić information content (AvgIpc) is 3.38. The molecule has 0 amide bonds. The van der Waals surface area contributed by atoms with Crippen LogP contribution in [-0.4, -0.2) is 55.6 Å². The van der Waals surface area contributed by atoms with Gasteiger partial charge in [0.1, 0.15) is 0 Å². The van der Waals surface area contributed by atoms with Gasteiger partial charge < -0.3 is 23.8 Å². The maximum atomic E-state index is 4.68. The summed E-state index contributed by atoms with van der Waals surface area (Å²) in [5, 5.41) is 9.04. The SMILES string of the molecule is C=CC1=C(/C=C\C)B2c3ccccc3N3CB4c5ccccc5N5CB6c7ccccc7N7c8ccccc8B8Cn9c%10ccccc%10n%10c%11c%12c(c2c3c2c4c5c3c6c7c8c(c3c2%12)c%119)B1C%10. The van der Waals surface area contributed by atoms with Crippen molar-refractivity contribution in [3.05, 3.63) is 157 Å². The minimum Gasteiger partial charge on any atom is -0.349 e. The first kappa shape index (κ1) is 34.0. The molecule has 10 heteroatoms. The Hall–Kier alpha value is -7.44. The van der Waals surface area contributed by atoms with Crippen molar-refractivity contribution >= 4 is 177 Å². The smallest absolute Gasteiger partial charge is 0.245 e. The molecule has 9 aliphatic rings. The zero-order valence-corrected chi connectivity index (χ0v) is 36.9. The fourth-order valence-electron chi connectivity index (χ4n) is 16.6. The Bertz CT molecular complexity index is 4290. The van der Waals surface area contributed by atoms with Gasteiger partial charge in [-0.25, -0.2) is 0 Å². The molecule has 19 rings (SSSR count). The standard InChI is InChI=1S/C57H36B5N5/c1-3-15-31-30(4-2)58-26-65-40-24-13-14-25-41(40)66-29-61-34-18-7-12-23-39(34)67-38-22-11-6-17-33(38)60-28-63-36-20-9-5-16-32(36)59-27-64-37-21-10-8-19-35(37)62(31)52-48(58)44-42-43-46(53(63)49(59)45(42)54(52)64)50(60)57(67)51(61)47(43)56(66)55(44)65/h3-25H,2,26-29H2,1H3/b15-3-. The number of para-hydroxylation sites is 6. The summed E-state index contributed by atoms with van der Waals surface area (Å²) in [6.07, 6.45) is 10.6. The third-order valence-electron chi connectivity index (χ3n) is 18.6. The van der Waals surface area contributed by atoms with E-state index in [1.54, 1.807) is 27.3 Å². The Morgan fingerprint density at radius 2 is 0.896 bits per heavy atom. The van der Waals surface area contributed by atoms with Gasteiger partial charge in [0.25, 0.3) is 0 Å². The van der Waals surface area contributed by atoms with Gasteiger partial charge in [-0.3, -0.25) is 0 Å². The molecule has 9 aliphatic heterocycles.